The lowest BCUT2D eigenvalue weighted by Gasteiger charge is -2.36. The lowest BCUT2D eigenvalue weighted by molar-refractivity contribution is -0.124. The van der Waals surface area contributed by atoms with Gasteiger partial charge in [-0.1, -0.05) is 0 Å². The molecule has 5 rings (SSSR count). The molecule has 6 nitrogen and oxygen atoms in total. The largest absolute Gasteiger partial charge is 0.362 e. The van der Waals surface area contributed by atoms with Crippen molar-refractivity contribution >= 4 is 29.0 Å². The molecule has 3 unspecified atom stereocenters. The molecule has 3 aliphatic heterocycles. The normalized spacial score (nSPS) is 32.1. The monoisotopic (exact) mass is 407 g/mol. The van der Waals surface area contributed by atoms with Gasteiger partial charge in [-0.25, -0.2) is 4.39 Å². The highest BCUT2D eigenvalue weighted by Gasteiger charge is 2.39. The molecular formula is C20H26FN3O3S. The molecule has 4 atom stereocenters. The van der Waals surface area contributed by atoms with Crippen LogP contribution in [0.5, 0.6) is 0 Å². The maximum Gasteiger partial charge on any atom is 0.238 e. The number of carbonyl (C=O) groups excluding carboxylic acids is 1. The summed E-state index contributed by atoms with van der Waals surface area (Å²) in [5.41, 5.74) is 1.27. The summed E-state index contributed by atoms with van der Waals surface area (Å²) < 4.78 is 20.5. The van der Waals surface area contributed by atoms with Crippen LogP contribution in [-0.4, -0.2) is 60.2 Å². The van der Waals surface area contributed by atoms with Crippen LogP contribution < -0.4 is 15.1 Å². The summed E-state index contributed by atoms with van der Waals surface area (Å²) in [5, 5.41) is 13.1. The predicted molar refractivity (Wildman–Crippen MR) is 107 cm³/mol. The zero-order valence-corrected chi connectivity index (χ0v) is 16.5. The SMILES string of the molecule is O=C(NC[C@H]1CN(c2ccc(N3C4CCC3CSC4)c(F)c2)C(O)O1)C1CC1. The van der Waals surface area contributed by atoms with Gasteiger partial charge in [0, 0.05) is 41.7 Å². The third kappa shape index (κ3) is 3.46. The number of benzene rings is 1. The predicted octanol–water partition coefficient (Wildman–Crippen LogP) is 1.92. The van der Waals surface area contributed by atoms with Crippen molar-refractivity contribution in [2.45, 2.75) is 50.3 Å². The van der Waals surface area contributed by atoms with Gasteiger partial charge in [0.25, 0.3) is 0 Å². The number of nitrogens with one attached hydrogen (secondary N) is 1. The Labute approximate surface area is 168 Å². The molecule has 0 spiro atoms. The van der Waals surface area contributed by atoms with Gasteiger partial charge < -0.3 is 25.0 Å². The van der Waals surface area contributed by atoms with Gasteiger partial charge in [0.1, 0.15) is 5.82 Å². The summed E-state index contributed by atoms with van der Waals surface area (Å²) in [5.74, 6) is 2.07. The minimum absolute atomic E-state index is 0.0567. The summed E-state index contributed by atoms with van der Waals surface area (Å²) in [7, 11) is 0. The number of carbonyl (C=O) groups is 1. The number of hydrogen-bond acceptors (Lipinski definition) is 6. The molecule has 0 aromatic heterocycles. The second kappa shape index (κ2) is 7.39. The van der Waals surface area contributed by atoms with E-state index in [2.05, 4.69) is 10.2 Å². The molecular weight excluding hydrogens is 381 g/mol. The Bertz CT molecular complexity index is 746. The van der Waals surface area contributed by atoms with E-state index < -0.39 is 6.41 Å². The molecule has 3 saturated heterocycles. The first-order valence-corrected chi connectivity index (χ1v) is 11.3. The first-order chi connectivity index (χ1) is 13.6. The Morgan fingerprint density at radius 2 is 2.00 bits per heavy atom. The number of aliphatic hydroxyl groups excluding tert-OH is 1. The van der Waals surface area contributed by atoms with Crippen LogP contribution in [-0.2, 0) is 9.53 Å². The lowest BCUT2D eigenvalue weighted by atomic mass is 10.2. The smallest absolute Gasteiger partial charge is 0.238 e. The summed E-state index contributed by atoms with van der Waals surface area (Å²) in [4.78, 5) is 15.7. The Kier molecular flexibility index (Phi) is 4.88. The highest BCUT2D eigenvalue weighted by Crippen LogP contribution is 2.40. The van der Waals surface area contributed by atoms with E-state index in [0.29, 0.717) is 36.5 Å². The zero-order chi connectivity index (χ0) is 19.3. The number of halogens is 1. The molecule has 28 heavy (non-hydrogen) atoms. The third-order valence-corrected chi connectivity index (χ3v) is 7.46. The summed E-state index contributed by atoms with van der Waals surface area (Å²) in [6.07, 6.45) is 2.73. The lowest BCUT2D eigenvalue weighted by Crippen LogP contribution is -2.43. The Morgan fingerprint density at radius 1 is 1.25 bits per heavy atom. The van der Waals surface area contributed by atoms with E-state index in [1.54, 1.807) is 4.90 Å². The molecule has 1 saturated carbocycles. The van der Waals surface area contributed by atoms with E-state index >= 15 is 0 Å². The van der Waals surface area contributed by atoms with Crippen molar-refractivity contribution in [3.63, 3.8) is 0 Å². The Hall–Kier alpha value is -1.51. The number of ether oxygens (including phenoxy) is 1. The number of fused-ring (bicyclic) bond motifs is 2. The van der Waals surface area contributed by atoms with Crippen molar-refractivity contribution in [3.8, 4) is 0 Å². The maximum absolute atomic E-state index is 15.0. The van der Waals surface area contributed by atoms with E-state index in [0.717, 1.165) is 37.2 Å². The third-order valence-electron chi connectivity index (χ3n) is 6.21. The molecule has 1 aromatic carbocycles. The summed E-state index contributed by atoms with van der Waals surface area (Å²) in [6.45, 7) is 0.773. The standard InChI is InChI=1S/C20H26FN3O3S/c21-17-7-13(5-6-18(17)24-14-3-4-15(24)11-28-10-14)23-9-16(27-20(23)26)8-22-19(25)12-1-2-12/h5-7,12,14-16,20,26H,1-4,8-11H2,(H,22,25)/t14?,15?,16-,20?/m0/s1. The minimum Gasteiger partial charge on any atom is -0.362 e. The molecule has 3 heterocycles. The summed E-state index contributed by atoms with van der Waals surface area (Å²) in [6, 6.07) is 6.03. The van der Waals surface area contributed by atoms with Gasteiger partial charge in [0.15, 0.2) is 0 Å². The van der Waals surface area contributed by atoms with Crippen molar-refractivity contribution in [3.05, 3.63) is 24.0 Å². The zero-order valence-electron chi connectivity index (χ0n) is 15.7. The van der Waals surface area contributed by atoms with Gasteiger partial charge in [-0.05, 0) is 43.9 Å². The van der Waals surface area contributed by atoms with Crippen molar-refractivity contribution in [2.75, 3.05) is 34.4 Å². The molecule has 2 N–H and O–H groups in total. The van der Waals surface area contributed by atoms with Gasteiger partial charge in [-0.15, -0.1) is 0 Å². The van der Waals surface area contributed by atoms with Crippen LogP contribution in [0.4, 0.5) is 15.8 Å². The number of thioether (sulfide) groups is 1. The van der Waals surface area contributed by atoms with Gasteiger partial charge in [0.2, 0.25) is 12.3 Å². The van der Waals surface area contributed by atoms with Crippen molar-refractivity contribution < 1.29 is 19.0 Å². The second-order valence-electron chi connectivity index (χ2n) is 8.22. The van der Waals surface area contributed by atoms with Crippen molar-refractivity contribution in [1.29, 1.82) is 0 Å². The molecule has 0 radical (unpaired) electrons. The van der Waals surface area contributed by atoms with E-state index in [9.17, 15) is 14.3 Å². The fourth-order valence-corrected chi connectivity index (χ4v) is 5.89. The van der Waals surface area contributed by atoms with E-state index in [-0.39, 0.29) is 23.7 Å². The van der Waals surface area contributed by atoms with Gasteiger partial charge >= 0.3 is 0 Å². The molecule has 1 amide bonds. The Morgan fingerprint density at radius 3 is 2.68 bits per heavy atom. The molecule has 2 bridgehead atoms. The summed E-state index contributed by atoms with van der Waals surface area (Å²) >= 11 is 1.96. The average molecular weight is 408 g/mol. The second-order valence-corrected chi connectivity index (χ2v) is 9.30. The van der Waals surface area contributed by atoms with Gasteiger partial charge in [-0.3, -0.25) is 4.79 Å². The van der Waals surface area contributed by atoms with Crippen LogP contribution >= 0.6 is 11.8 Å². The molecule has 1 aromatic rings. The molecule has 4 fully saturated rings. The van der Waals surface area contributed by atoms with E-state index in [1.807, 2.05) is 23.9 Å². The molecule has 8 heteroatoms. The maximum atomic E-state index is 15.0. The highest BCUT2D eigenvalue weighted by molar-refractivity contribution is 7.99. The van der Waals surface area contributed by atoms with Crippen LogP contribution in [0.3, 0.4) is 0 Å². The van der Waals surface area contributed by atoms with Crippen molar-refractivity contribution in [2.24, 2.45) is 5.92 Å². The van der Waals surface area contributed by atoms with Crippen LogP contribution in [0, 0.1) is 11.7 Å². The Balaban J connectivity index is 1.26. The van der Waals surface area contributed by atoms with Crippen LogP contribution in [0.1, 0.15) is 25.7 Å². The number of rotatable bonds is 5. The number of anilines is 2. The number of nitrogens with zero attached hydrogens (tertiary/aromatic N) is 2. The fraction of sp³-hybridized carbons (Fsp3) is 0.650. The quantitative estimate of drug-likeness (QED) is 0.778. The highest BCUT2D eigenvalue weighted by atomic mass is 32.2. The first kappa shape index (κ1) is 18.5. The van der Waals surface area contributed by atoms with E-state index in [1.165, 1.54) is 6.07 Å². The van der Waals surface area contributed by atoms with Crippen LogP contribution in [0.15, 0.2) is 18.2 Å². The molecule has 4 aliphatic rings. The molecule has 1 aliphatic carbocycles. The van der Waals surface area contributed by atoms with E-state index in [4.69, 9.17) is 4.74 Å². The van der Waals surface area contributed by atoms with Crippen LogP contribution in [0.2, 0.25) is 0 Å². The molecule has 152 valence electrons. The van der Waals surface area contributed by atoms with Crippen molar-refractivity contribution in [1.82, 2.24) is 5.32 Å². The fourth-order valence-electron chi connectivity index (χ4n) is 4.55. The minimum atomic E-state index is -1.13. The number of amides is 1. The number of aliphatic hydroxyl groups is 1. The van der Waals surface area contributed by atoms with Gasteiger partial charge in [-0.2, -0.15) is 11.8 Å². The average Bonchev–Trinajstić information content (AvgIpc) is 3.43. The van der Waals surface area contributed by atoms with Gasteiger partial charge in [0.05, 0.1) is 18.3 Å². The van der Waals surface area contributed by atoms with Crippen LogP contribution in [0.25, 0.3) is 0 Å². The topological polar surface area (TPSA) is 65.0 Å². The number of hydrogen-bond donors (Lipinski definition) is 2. The first-order valence-electron chi connectivity index (χ1n) is 10.1.